The predicted molar refractivity (Wildman–Crippen MR) is 67.8 cm³/mol. The van der Waals surface area contributed by atoms with Crippen molar-refractivity contribution in [2.24, 2.45) is 5.92 Å². The number of hydrogen-bond acceptors (Lipinski definition) is 4. The Morgan fingerprint density at radius 3 is 2.65 bits per heavy atom. The third kappa shape index (κ3) is 3.40. The fourth-order valence-corrected chi connectivity index (χ4v) is 2.22. The average molecular weight is 235 g/mol. The van der Waals surface area contributed by atoms with Crippen LogP contribution in [0.3, 0.4) is 0 Å². The van der Waals surface area contributed by atoms with Crippen LogP contribution in [0.4, 0.5) is 5.82 Å². The van der Waals surface area contributed by atoms with Gasteiger partial charge in [0.05, 0.1) is 11.3 Å². The van der Waals surface area contributed by atoms with Gasteiger partial charge in [-0.25, -0.2) is 0 Å². The predicted octanol–water partition coefficient (Wildman–Crippen LogP) is 2.14. The van der Waals surface area contributed by atoms with Crippen LogP contribution < -0.4 is 5.32 Å². The fraction of sp³-hybridized carbons (Fsp3) is 0.692. The Morgan fingerprint density at radius 1 is 1.35 bits per heavy atom. The van der Waals surface area contributed by atoms with Gasteiger partial charge in [0.2, 0.25) is 0 Å². The van der Waals surface area contributed by atoms with Crippen LogP contribution in [0.2, 0.25) is 0 Å². The molecule has 1 aromatic heterocycles. The minimum absolute atomic E-state index is 0.567. The number of nitrogens with zero attached hydrogens (tertiary/aromatic N) is 2. The molecule has 1 aromatic rings. The van der Waals surface area contributed by atoms with Crippen molar-refractivity contribution in [2.75, 3.05) is 11.9 Å². The molecule has 0 unspecified atom stereocenters. The van der Waals surface area contributed by atoms with E-state index in [-0.39, 0.29) is 0 Å². The van der Waals surface area contributed by atoms with E-state index < -0.39 is 5.60 Å². The largest absolute Gasteiger partial charge is 0.388 e. The first-order chi connectivity index (χ1) is 8.07. The Hall–Kier alpha value is -1.16. The van der Waals surface area contributed by atoms with Crippen molar-refractivity contribution in [1.82, 2.24) is 10.2 Å². The molecule has 0 amide bonds. The van der Waals surface area contributed by atoms with Crippen LogP contribution in [0.25, 0.3) is 0 Å². The van der Waals surface area contributed by atoms with E-state index in [1.54, 1.807) is 0 Å². The molecule has 0 aromatic carbocycles. The number of aromatic nitrogens is 2. The van der Waals surface area contributed by atoms with E-state index in [1.165, 1.54) is 0 Å². The maximum atomic E-state index is 10.4. The van der Waals surface area contributed by atoms with Gasteiger partial charge in [0.25, 0.3) is 0 Å². The van der Waals surface area contributed by atoms with E-state index in [0.717, 1.165) is 43.1 Å². The van der Waals surface area contributed by atoms with Crippen molar-refractivity contribution in [3.8, 4) is 0 Å². The minimum Gasteiger partial charge on any atom is -0.388 e. The Balaban J connectivity index is 1.87. The number of hydrogen-bond donors (Lipinski definition) is 2. The molecule has 94 valence electrons. The van der Waals surface area contributed by atoms with Crippen molar-refractivity contribution in [3.63, 3.8) is 0 Å². The first-order valence-corrected chi connectivity index (χ1v) is 6.34. The summed E-state index contributed by atoms with van der Waals surface area (Å²) in [6, 6.07) is 3.82. The summed E-state index contributed by atoms with van der Waals surface area (Å²) in [7, 11) is 0. The molecule has 1 fully saturated rings. The van der Waals surface area contributed by atoms with Crippen molar-refractivity contribution in [2.45, 2.75) is 45.1 Å². The van der Waals surface area contributed by atoms with Crippen molar-refractivity contribution in [3.05, 3.63) is 17.8 Å². The van der Waals surface area contributed by atoms with Gasteiger partial charge in [-0.2, -0.15) is 5.10 Å². The lowest BCUT2D eigenvalue weighted by Crippen LogP contribution is -2.40. The van der Waals surface area contributed by atoms with Gasteiger partial charge >= 0.3 is 0 Å². The maximum absolute atomic E-state index is 10.4. The summed E-state index contributed by atoms with van der Waals surface area (Å²) in [5.74, 6) is 1.48. The molecule has 0 radical (unpaired) electrons. The Bertz CT molecular complexity index is 355. The summed E-state index contributed by atoms with van der Waals surface area (Å²) in [5.41, 5.74) is 0.333. The van der Waals surface area contributed by atoms with Crippen LogP contribution in [0.1, 0.15) is 38.3 Å². The molecule has 1 saturated carbocycles. The number of anilines is 1. The summed E-state index contributed by atoms with van der Waals surface area (Å²) in [5, 5.41) is 21.6. The van der Waals surface area contributed by atoms with Crippen LogP contribution in [0.15, 0.2) is 12.1 Å². The number of rotatable bonds is 3. The third-order valence-corrected chi connectivity index (χ3v) is 3.60. The molecule has 1 aliphatic rings. The zero-order valence-corrected chi connectivity index (χ0v) is 10.6. The highest BCUT2D eigenvalue weighted by molar-refractivity contribution is 5.33. The summed E-state index contributed by atoms with van der Waals surface area (Å²) >= 11 is 0. The molecule has 17 heavy (non-hydrogen) atoms. The van der Waals surface area contributed by atoms with Gasteiger partial charge in [0.1, 0.15) is 5.82 Å². The van der Waals surface area contributed by atoms with Crippen LogP contribution in [-0.4, -0.2) is 27.4 Å². The molecular formula is C13H21N3O. The topological polar surface area (TPSA) is 58.0 Å². The Kier molecular flexibility index (Phi) is 3.62. The van der Waals surface area contributed by atoms with E-state index in [4.69, 9.17) is 0 Å². The number of nitrogens with one attached hydrogen (secondary N) is 1. The van der Waals surface area contributed by atoms with E-state index in [9.17, 15) is 5.11 Å². The minimum atomic E-state index is -0.570. The van der Waals surface area contributed by atoms with E-state index in [0.29, 0.717) is 6.54 Å². The second-order valence-corrected chi connectivity index (χ2v) is 5.32. The van der Waals surface area contributed by atoms with Crippen molar-refractivity contribution in [1.29, 1.82) is 0 Å². The SMILES string of the molecule is Cc1ccc(NCC2(O)CCC(C)CC2)nn1. The summed E-state index contributed by atoms with van der Waals surface area (Å²) in [4.78, 5) is 0. The molecular weight excluding hydrogens is 214 g/mol. The molecule has 0 saturated heterocycles. The molecule has 2 rings (SSSR count). The lowest BCUT2D eigenvalue weighted by Gasteiger charge is -2.35. The van der Waals surface area contributed by atoms with Gasteiger partial charge in [0.15, 0.2) is 0 Å². The van der Waals surface area contributed by atoms with Crippen LogP contribution in [0, 0.1) is 12.8 Å². The summed E-state index contributed by atoms with van der Waals surface area (Å²) in [6.07, 6.45) is 3.97. The Labute approximate surface area is 102 Å². The number of aliphatic hydroxyl groups is 1. The summed E-state index contributed by atoms with van der Waals surface area (Å²) in [6.45, 7) is 4.72. The van der Waals surface area contributed by atoms with Gasteiger partial charge in [-0.05, 0) is 50.7 Å². The highest BCUT2D eigenvalue weighted by Gasteiger charge is 2.31. The number of aryl methyl sites for hydroxylation is 1. The average Bonchev–Trinajstić information content (AvgIpc) is 2.33. The van der Waals surface area contributed by atoms with Crippen LogP contribution in [-0.2, 0) is 0 Å². The van der Waals surface area contributed by atoms with Crippen LogP contribution >= 0.6 is 0 Å². The van der Waals surface area contributed by atoms with Gasteiger partial charge in [-0.1, -0.05) is 6.92 Å². The standard InChI is InChI=1S/C13H21N3O/c1-10-5-7-13(17,8-6-10)9-14-12-4-3-11(2)15-16-12/h3-4,10,17H,5-9H2,1-2H3,(H,14,16). The molecule has 1 aliphatic carbocycles. The first kappa shape index (κ1) is 12.3. The monoisotopic (exact) mass is 235 g/mol. The zero-order chi connectivity index (χ0) is 12.3. The van der Waals surface area contributed by atoms with Gasteiger partial charge < -0.3 is 10.4 Å². The summed E-state index contributed by atoms with van der Waals surface area (Å²) < 4.78 is 0. The molecule has 1 heterocycles. The van der Waals surface area contributed by atoms with Gasteiger partial charge in [0, 0.05) is 6.54 Å². The zero-order valence-electron chi connectivity index (χ0n) is 10.6. The highest BCUT2D eigenvalue weighted by atomic mass is 16.3. The molecule has 0 aliphatic heterocycles. The van der Waals surface area contributed by atoms with Crippen molar-refractivity contribution < 1.29 is 5.11 Å². The van der Waals surface area contributed by atoms with E-state index >= 15 is 0 Å². The van der Waals surface area contributed by atoms with E-state index in [1.807, 2.05) is 19.1 Å². The second-order valence-electron chi connectivity index (χ2n) is 5.32. The molecule has 0 atom stereocenters. The Morgan fingerprint density at radius 2 is 2.06 bits per heavy atom. The lowest BCUT2D eigenvalue weighted by atomic mass is 9.79. The molecule has 4 heteroatoms. The molecule has 0 spiro atoms. The third-order valence-electron chi connectivity index (χ3n) is 3.60. The second kappa shape index (κ2) is 5.00. The van der Waals surface area contributed by atoms with Gasteiger partial charge in [-0.3, -0.25) is 0 Å². The van der Waals surface area contributed by atoms with Gasteiger partial charge in [-0.15, -0.1) is 5.10 Å². The first-order valence-electron chi connectivity index (χ1n) is 6.34. The normalized spacial score (nSPS) is 29.0. The molecule has 2 N–H and O–H groups in total. The van der Waals surface area contributed by atoms with Crippen molar-refractivity contribution >= 4 is 5.82 Å². The highest BCUT2D eigenvalue weighted by Crippen LogP contribution is 2.31. The molecule has 4 nitrogen and oxygen atoms in total. The van der Waals surface area contributed by atoms with E-state index in [2.05, 4.69) is 22.4 Å². The smallest absolute Gasteiger partial charge is 0.148 e. The quantitative estimate of drug-likeness (QED) is 0.842. The lowest BCUT2D eigenvalue weighted by molar-refractivity contribution is 0.00493. The molecule has 0 bridgehead atoms. The maximum Gasteiger partial charge on any atom is 0.148 e. The fourth-order valence-electron chi connectivity index (χ4n) is 2.22. The van der Waals surface area contributed by atoms with Crippen LogP contribution in [0.5, 0.6) is 0 Å².